The minimum absolute atomic E-state index is 0.486. The molecule has 0 saturated heterocycles. The minimum atomic E-state index is 0.486. The molecular weight excluding hydrogens is 324 g/mol. The molecule has 0 amide bonds. The van der Waals surface area contributed by atoms with Crippen LogP contribution in [0.1, 0.15) is 76.0 Å². The van der Waals surface area contributed by atoms with Crippen molar-refractivity contribution in [3.63, 3.8) is 0 Å². The van der Waals surface area contributed by atoms with E-state index in [4.69, 9.17) is 0 Å². The van der Waals surface area contributed by atoms with Gasteiger partial charge in [0.05, 0.1) is 0 Å². The summed E-state index contributed by atoms with van der Waals surface area (Å²) in [5.74, 6) is 1.54. The first-order valence-corrected chi connectivity index (χ1v) is 10.2. The van der Waals surface area contributed by atoms with Gasteiger partial charge >= 0.3 is 0 Å². The third-order valence-electron chi connectivity index (χ3n) is 5.40. The van der Waals surface area contributed by atoms with Crippen molar-refractivity contribution in [1.29, 1.82) is 0 Å². The fourth-order valence-electron chi connectivity index (χ4n) is 4.25. The van der Waals surface area contributed by atoms with Gasteiger partial charge in [0.25, 0.3) is 0 Å². The Kier molecular flexibility index (Phi) is 5.85. The van der Waals surface area contributed by atoms with Crippen LogP contribution in [-0.2, 0) is 0 Å². The molecule has 0 spiro atoms. The molecule has 3 aromatic rings. The Morgan fingerprint density at radius 3 is 1.56 bits per heavy atom. The first-order valence-electron chi connectivity index (χ1n) is 10.2. The van der Waals surface area contributed by atoms with Crippen molar-refractivity contribution in [3.05, 3.63) is 83.4 Å². The van der Waals surface area contributed by atoms with Crippen molar-refractivity contribution in [2.45, 2.75) is 59.3 Å². The zero-order chi connectivity index (χ0) is 19.6. The molecule has 0 saturated carbocycles. The van der Waals surface area contributed by atoms with Crippen LogP contribution in [0.3, 0.4) is 0 Å². The van der Waals surface area contributed by atoms with Gasteiger partial charge in [-0.25, -0.2) is 0 Å². The summed E-state index contributed by atoms with van der Waals surface area (Å²) in [6, 6.07) is 24.3. The van der Waals surface area contributed by atoms with E-state index < -0.39 is 0 Å². The molecule has 0 heterocycles. The Hall–Kier alpha value is -2.34. The molecule has 3 rings (SSSR count). The zero-order valence-corrected chi connectivity index (χ0v) is 17.6. The molecule has 0 radical (unpaired) electrons. The van der Waals surface area contributed by atoms with Crippen molar-refractivity contribution in [2.24, 2.45) is 0 Å². The van der Waals surface area contributed by atoms with Gasteiger partial charge in [-0.05, 0) is 56.7 Å². The highest BCUT2D eigenvalue weighted by atomic mass is 14.3. The first-order chi connectivity index (χ1) is 12.9. The maximum Gasteiger partial charge on any atom is -0.0102 e. The van der Waals surface area contributed by atoms with E-state index in [0.29, 0.717) is 17.8 Å². The molecule has 27 heavy (non-hydrogen) atoms. The van der Waals surface area contributed by atoms with Crippen LogP contribution >= 0.6 is 0 Å². The van der Waals surface area contributed by atoms with Gasteiger partial charge in [-0.2, -0.15) is 0 Å². The van der Waals surface area contributed by atoms with Crippen LogP contribution in [0.25, 0.3) is 22.3 Å². The maximum absolute atomic E-state index is 2.36. The fraction of sp³-hybridized carbons (Fsp3) is 0.333. The molecule has 0 aliphatic carbocycles. The molecule has 0 atom stereocenters. The van der Waals surface area contributed by atoms with Crippen molar-refractivity contribution in [1.82, 2.24) is 0 Å². The lowest BCUT2D eigenvalue weighted by molar-refractivity contribution is 0.750. The van der Waals surface area contributed by atoms with Crippen molar-refractivity contribution < 1.29 is 0 Å². The van der Waals surface area contributed by atoms with Crippen LogP contribution in [-0.4, -0.2) is 0 Å². The predicted octanol–water partition coefficient (Wildman–Crippen LogP) is 8.39. The van der Waals surface area contributed by atoms with E-state index in [1.807, 2.05) is 0 Å². The SMILES string of the molecule is CC(C)c1ccc(-c2ccccc2-c2ccccc2)c(C(C)C)c1C(C)C. The van der Waals surface area contributed by atoms with Gasteiger partial charge in [0.15, 0.2) is 0 Å². The zero-order valence-electron chi connectivity index (χ0n) is 17.6. The Balaban J connectivity index is 2.32. The lowest BCUT2D eigenvalue weighted by Gasteiger charge is -2.26. The molecule has 0 bridgehead atoms. The van der Waals surface area contributed by atoms with Gasteiger partial charge in [-0.1, -0.05) is 108 Å². The van der Waals surface area contributed by atoms with Gasteiger partial charge in [-0.15, -0.1) is 0 Å². The molecule has 3 aromatic carbocycles. The van der Waals surface area contributed by atoms with E-state index in [9.17, 15) is 0 Å². The summed E-state index contributed by atoms with van der Waals surface area (Å²) < 4.78 is 0. The predicted molar refractivity (Wildman–Crippen MR) is 120 cm³/mol. The molecule has 0 aromatic heterocycles. The monoisotopic (exact) mass is 356 g/mol. The van der Waals surface area contributed by atoms with E-state index >= 15 is 0 Å². The number of hydrogen-bond donors (Lipinski definition) is 0. The van der Waals surface area contributed by atoms with E-state index in [-0.39, 0.29) is 0 Å². The maximum atomic E-state index is 2.36. The quantitative estimate of drug-likeness (QED) is 0.430. The molecule has 140 valence electrons. The van der Waals surface area contributed by atoms with E-state index in [2.05, 4.69) is 108 Å². The van der Waals surface area contributed by atoms with Gasteiger partial charge in [0.2, 0.25) is 0 Å². The van der Waals surface area contributed by atoms with Crippen LogP contribution < -0.4 is 0 Å². The second-order valence-corrected chi connectivity index (χ2v) is 8.41. The van der Waals surface area contributed by atoms with Crippen LogP contribution in [0.15, 0.2) is 66.7 Å². The molecular formula is C27H32. The van der Waals surface area contributed by atoms with E-state index in [1.54, 1.807) is 5.56 Å². The Bertz CT molecular complexity index is 899. The van der Waals surface area contributed by atoms with Gasteiger partial charge < -0.3 is 0 Å². The average Bonchev–Trinajstić information content (AvgIpc) is 2.67. The van der Waals surface area contributed by atoms with Crippen molar-refractivity contribution in [2.75, 3.05) is 0 Å². The summed E-state index contributed by atoms with van der Waals surface area (Å²) in [6.45, 7) is 14.0. The second-order valence-electron chi connectivity index (χ2n) is 8.41. The molecule has 0 N–H and O–H groups in total. The van der Waals surface area contributed by atoms with Crippen LogP contribution in [0, 0.1) is 0 Å². The highest BCUT2D eigenvalue weighted by Crippen LogP contribution is 2.42. The third-order valence-corrected chi connectivity index (χ3v) is 5.40. The second kappa shape index (κ2) is 8.13. The first kappa shape index (κ1) is 19.4. The van der Waals surface area contributed by atoms with Crippen molar-refractivity contribution in [3.8, 4) is 22.3 Å². The molecule has 0 unspecified atom stereocenters. The highest BCUT2D eigenvalue weighted by Gasteiger charge is 2.21. The average molecular weight is 357 g/mol. The van der Waals surface area contributed by atoms with Gasteiger partial charge in [0, 0.05) is 0 Å². The molecule has 0 aliphatic heterocycles. The minimum Gasteiger partial charge on any atom is -0.0622 e. The summed E-state index contributed by atoms with van der Waals surface area (Å²) in [5.41, 5.74) is 9.87. The summed E-state index contributed by atoms with van der Waals surface area (Å²) in [6.07, 6.45) is 0. The fourth-order valence-corrected chi connectivity index (χ4v) is 4.25. The van der Waals surface area contributed by atoms with E-state index in [0.717, 1.165) is 0 Å². The molecule has 0 nitrogen and oxygen atoms in total. The topological polar surface area (TPSA) is 0 Å². The van der Waals surface area contributed by atoms with E-state index in [1.165, 1.54) is 33.4 Å². The van der Waals surface area contributed by atoms with Crippen LogP contribution in [0.2, 0.25) is 0 Å². The third kappa shape index (κ3) is 3.86. The Morgan fingerprint density at radius 1 is 0.444 bits per heavy atom. The molecule has 0 heteroatoms. The number of rotatable bonds is 5. The summed E-state index contributed by atoms with van der Waals surface area (Å²) in [5, 5.41) is 0. The van der Waals surface area contributed by atoms with Crippen molar-refractivity contribution >= 4 is 0 Å². The van der Waals surface area contributed by atoms with Gasteiger partial charge in [-0.3, -0.25) is 0 Å². The molecule has 0 fully saturated rings. The Labute approximate surface area is 165 Å². The lowest BCUT2D eigenvalue weighted by Crippen LogP contribution is -2.07. The summed E-state index contributed by atoms with van der Waals surface area (Å²) in [7, 11) is 0. The summed E-state index contributed by atoms with van der Waals surface area (Å²) >= 11 is 0. The lowest BCUT2D eigenvalue weighted by atomic mass is 9.78. The summed E-state index contributed by atoms with van der Waals surface area (Å²) in [4.78, 5) is 0. The Morgan fingerprint density at radius 2 is 1.00 bits per heavy atom. The van der Waals surface area contributed by atoms with Crippen LogP contribution in [0.5, 0.6) is 0 Å². The molecule has 0 aliphatic rings. The standard InChI is InChI=1S/C27H32/c1-18(2)22-16-17-25(27(20(5)6)26(22)19(3)4)24-15-11-10-14-23(24)21-12-8-7-9-13-21/h7-20H,1-6H3. The number of hydrogen-bond acceptors (Lipinski definition) is 0. The van der Waals surface area contributed by atoms with Crippen LogP contribution in [0.4, 0.5) is 0 Å². The van der Waals surface area contributed by atoms with Gasteiger partial charge in [0.1, 0.15) is 0 Å². The normalized spacial score (nSPS) is 11.6. The number of benzene rings is 3. The smallest absolute Gasteiger partial charge is 0.0102 e. The highest BCUT2D eigenvalue weighted by molar-refractivity contribution is 5.85. The largest absolute Gasteiger partial charge is 0.0622 e.